The van der Waals surface area contributed by atoms with Crippen molar-refractivity contribution in [2.75, 3.05) is 19.7 Å². The fraction of sp³-hybridized carbons (Fsp3) is 0.500. The van der Waals surface area contributed by atoms with E-state index in [0.29, 0.717) is 11.8 Å². The summed E-state index contributed by atoms with van der Waals surface area (Å²) in [5.74, 6) is 0.198. The van der Waals surface area contributed by atoms with Crippen LogP contribution in [0.2, 0.25) is 0 Å². The zero-order valence-electron chi connectivity index (χ0n) is 11.0. The lowest BCUT2D eigenvalue weighted by Crippen LogP contribution is -2.42. The number of amides is 1. The zero-order chi connectivity index (χ0) is 13.7. The molecule has 5 heteroatoms. The van der Waals surface area contributed by atoms with Crippen LogP contribution in [0, 0.1) is 0 Å². The summed E-state index contributed by atoms with van der Waals surface area (Å²) < 4.78 is 5.22. The molecule has 1 heterocycles. The molecule has 1 aromatic rings. The van der Waals surface area contributed by atoms with Gasteiger partial charge in [0.1, 0.15) is 5.75 Å². The minimum Gasteiger partial charge on any atom is -0.484 e. The first-order valence-electron chi connectivity index (χ1n) is 6.61. The summed E-state index contributed by atoms with van der Waals surface area (Å²) in [6, 6.07) is 8.05. The highest BCUT2D eigenvalue weighted by Gasteiger charge is 2.16. The minimum absolute atomic E-state index is 0.0830. The molecule has 1 unspecified atom stereocenters. The number of benzene rings is 1. The largest absolute Gasteiger partial charge is 0.484 e. The van der Waals surface area contributed by atoms with Crippen LogP contribution in [0.5, 0.6) is 5.75 Å². The second kappa shape index (κ2) is 6.54. The third-order valence-electron chi connectivity index (χ3n) is 3.25. The fourth-order valence-corrected chi connectivity index (χ4v) is 2.34. The summed E-state index contributed by atoms with van der Waals surface area (Å²) in [6.45, 7) is 2.89. The van der Waals surface area contributed by atoms with Crippen LogP contribution in [0.4, 0.5) is 0 Å². The van der Waals surface area contributed by atoms with Crippen molar-refractivity contribution in [1.29, 1.82) is 0 Å². The average molecular weight is 263 g/mol. The lowest BCUT2D eigenvalue weighted by Gasteiger charge is -2.30. The van der Waals surface area contributed by atoms with Crippen molar-refractivity contribution in [1.82, 2.24) is 4.90 Å². The molecule has 19 heavy (non-hydrogen) atoms. The van der Waals surface area contributed by atoms with Crippen LogP contribution in [0.3, 0.4) is 0 Å². The number of nitrogens with zero attached hydrogens (tertiary/aromatic N) is 1. The second-order valence-corrected chi connectivity index (χ2v) is 5.04. The van der Waals surface area contributed by atoms with E-state index in [4.69, 9.17) is 16.2 Å². The molecule has 1 amide bonds. The Bertz CT molecular complexity index is 419. The first kappa shape index (κ1) is 13.8. The Hall–Kier alpha value is -1.59. The summed E-state index contributed by atoms with van der Waals surface area (Å²) in [5, 5.41) is 0. The van der Waals surface area contributed by atoms with E-state index in [-0.39, 0.29) is 6.61 Å². The fourth-order valence-electron chi connectivity index (χ4n) is 2.34. The van der Waals surface area contributed by atoms with Crippen molar-refractivity contribution in [3.05, 3.63) is 29.8 Å². The van der Waals surface area contributed by atoms with Crippen molar-refractivity contribution >= 4 is 5.91 Å². The van der Waals surface area contributed by atoms with Crippen LogP contribution in [-0.4, -0.2) is 36.5 Å². The molecule has 104 valence electrons. The molecule has 0 aliphatic carbocycles. The average Bonchev–Trinajstić information content (AvgIpc) is 2.38. The third-order valence-corrected chi connectivity index (χ3v) is 3.25. The molecule has 4 N–H and O–H groups in total. The number of primary amides is 1. The van der Waals surface area contributed by atoms with E-state index in [9.17, 15) is 4.79 Å². The number of piperidine rings is 1. The highest BCUT2D eigenvalue weighted by atomic mass is 16.5. The van der Waals surface area contributed by atoms with E-state index in [1.165, 1.54) is 12.0 Å². The first-order valence-corrected chi connectivity index (χ1v) is 6.61. The number of nitrogens with two attached hydrogens (primary N) is 2. The van der Waals surface area contributed by atoms with E-state index in [1.54, 1.807) is 0 Å². The summed E-state index contributed by atoms with van der Waals surface area (Å²) in [5.41, 5.74) is 12.2. The van der Waals surface area contributed by atoms with Gasteiger partial charge in [-0.3, -0.25) is 9.69 Å². The number of hydrogen-bond donors (Lipinski definition) is 2. The maximum atomic E-state index is 10.6. The molecule has 0 spiro atoms. The Morgan fingerprint density at radius 2 is 2.11 bits per heavy atom. The Balaban J connectivity index is 1.85. The van der Waals surface area contributed by atoms with Crippen LogP contribution in [0.25, 0.3) is 0 Å². The van der Waals surface area contributed by atoms with Gasteiger partial charge in [0.05, 0.1) is 0 Å². The minimum atomic E-state index is -0.466. The summed E-state index contributed by atoms with van der Waals surface area (Å²) in [4.78, 5) is 13.0. The topological polar surface area (TPSA) is 81.6 Å². The highest BCUT2D eigenvalue weighted by molar-refractivity contribution is 5.75. The Labute approximate surface area is 113 Å². The molecule has 0 aromatic heterocycles. The molecule has 1 aliphatic rings. The molecule has 0 bridgehead atoms. The molecule has 0 saturated carbocycles. The van der Waals surface area contributed by atoms with Crippen LogP contribution in [0.1, 0.15) is 18.4 Å². The number of rotatable bonds is 5. The van der Waals surface area contributed by atoms with Crippen molar-refractivity contribution in [3.8, 4) is 5.75 Å². The number of ether oxygens (including phenoxy) is 1. The summed E-state index contributed by atoms with van der Waals surface area (Å²) in [6.07, 6.45) is 2.29. The van der Waals surface area contributed by atoms with Crippen LogP contribution < -0.4 is 16.2 Å². The smallest absolute Gasteiger partial charge is 0.255 e. The molecule has 1 aromatic carbocycles. The van der Waals surface area contributed by atoms with E-state index in [2.05, 4.69) is 4.90 Å². The molecular formula is C14H21N3O2. The number of hydrogen-bond acceptors (Lipinski definition) is 4. The number of carbonyl (C=O) groups is 1. The van der Waals surface area contributed by atoms with Crippen molar-refractivity contribution in [2.24, 2.45) is 11.5 Å². The lowest BCUT2D eigenvalue weighted by molar-refractivity contribution is -0.119. The normalized spacial score (nSPS) is 20.2. The predicted molar refractivity (Wildman–Crippen MR) is 73.6 cm³/mol. The molecule has 1 aliphatic heterocycles. The molecule has 5 nitrogen and oxygen atoms in total. The van der Waals surface area contributed by atoms with Crippen LogP contribution in [-0.2, 0) is 11.3 Å². The van der Waals surface area contributed by atoms with Gasteiger partial charge in [-0.15, -0.1) is 0 Å². The van der Waals surface area contributed by atoms with Crippen molar-refractivity contribution < 1.29 is 9.53 Å². The molecule has 1 atom stereocenters. The van der Waals surface area contributed by atoms with Gasteiger partial charge >= 0.3 is 0 Å². The summed E-state index contributed by atoms with van der Waals surface area (Å²) in [7, 11) is 0. The van der Waals surface area contributed by atoms with Gasteiger partial charge in [-0.2, -0.15) is 0 Å². The maximum absolute atomic E-state index is 10.6. The standard InChI is InChI=1S/C14H21N3O2/c15-12-2-1-7-17(9-12)8-11-3-5-13(6-4-11)19-10-14(16)18/h3-6,12H,1-2,7-10,15H2,(H2,16,18). The van der Waals surface area contributed by atoms with Gasteiger partial charge in [-0.25, -0.2) is 0 Å². The van der Waals surface area contributed by atoms with E-state index < -0.39 is 5.91 Å². The third kappa shape index (κ3) is 4.54. The monoisotopic (exact) mass is 263 g/mol. The maximum Gasteiger partial charge on any atom is 0.255 e. The number of likely N-dealkylation sites (tertiary alicyclic amines) is 1. The molecule has 2 rings (SSSR count). The van der Waals surface area contributed by atoms with Gasteiger partial charge in [-0.05, 0) is 37.1 Å². The van der Waals surface area contributed by atoms with Gasteiger partial charge in [0.2, 0.25) is 0 Å². The van der Waals surface area contributed by atoms with Crippen LogP contribution in [0.15, 0.2) is 24.3 Å². The van der Waals surface area contributed by atoms with Gasteiger partial charge in [0.25, 0.3) is 5.91 Å². The summed E-state index contributed by atoms with van der Waals surface area (Å²) >= 11 is 0. The highest BCUT2D eigenvalue weighted by Crippen LogP contribution is 2.16. The van der Waals surface area contributed by atoms with Gasteiger partial charge in [0.15, 0.2) is 6.61 Å². The number of carbonyl (C=O) groups excluding carboxylic acids is 1. The molecular weight excluding hydrogens is 242 g/mol. The van der Waals surface area contributed by atoms with Gasteiger partial charge < -0.3 is 16.2 Å². The van der Waals surface area contributed by atoms with Crippen LogP contribution >= 0.6 is 0 Å². The zero-order valence-corrected chi connectivity index (χ0v) is 11.0. The molecule has 1 fully saturated rings. The predicted octanol–water partition coefficient (Wildman–Crippen LogP) is 0.474. The lowest BCUT2D eigenvalue weighted by atomic mass is 10.1. The van der Waals surface area contributed by atoms with E-state index in [0.717, 1.165) is 26.1 Å². The molecule has 0 radical (unpaired) electrons. The van der Waals surface area contributed by atoms with Gasteiger partial charge in [-0.1, -0.05) is 12.1 Å². The second-order valence-electron chi connectivity index (χ2n) is 5.04. The first-order chi connectivity index (χ1) is 9.13. The molecule has 1 saturated heterocycles. The van der Waals surface area contributed by atoms with Crippen molar-refractivity contribution in [3.63, 3.8) is 0 Å². The quantitative estimate of drug-likeness (QED) is 0.809. The Kier molecular flexibility index (Phi) is 4.76. The van der Waals surface area contributed by atoms with E-state index in [1.807, 2.05) is 24.3 Å². The Morgan fingerprint density at radius 3 is 2.74 bits per heavy atom. The van der Waals surface area contributed by atoms with Gasteiger partial charge in [0, 0.05) is 19.1 Å². The van der Waals surface area contributed by atoms with E-state index >= 15 is 0 Å². The van der Waals surface area contributed by atoms with Crippen molar-refractivity contribution in [2.45, 2.75) is 25.4 Å². The Morgan fingerprint density at radius 1 is 1.37 bits per heavy atom. The SMILES string of the molecule is NC(=O)COc1ccc(CN2CCCC(N)C2)cc1.